The van der Waals surface area contributed by atoms with Crippen LogP contribution in [0.15, 0.2) is 41.3 Å². The Morgan fingerprint density at radius 3 is 2.25 bits per heavy atom. The van der Waals surface area contributed by atoms with Crippen LogP contribution in [0.1, 0.15) is 33.3 Å². The number of nitrogens with zero attached hydrogens (tertiary/aromatic N) is 1. The number of halogens is 2. The first-order valence-electron chi connectivity index (χ1n) is 9.47. The van der Waals surface area contributed by atoms with Gasteiger partial charge in [-0.3, -0.25) is 4.79 Å². The minimum Gasteiger partial charge on any atom is -0.369 e. The van der Waals surface area contributed by atoms with Crippen molar-refractivity contribution in [2.24, 2.45) is 11.8 Å². The summed E-state index contributed by atoms with van der Waals surface area (Å²) in [4.78, 5) is 15.5. The van der Waals surface area contributed by atoms with Gasteiger partial charge < -0.3 is 10.2 Å². The molecule has 1 N–H and O–H groups in total. The van der Waals surface area contributed by atoms with Gasteiger partial charge in [0.05, 0.1) is 17.8 Å². The molecule has 152 valence electrons. The van der Waals surface area contributed by atoms with Crippen molar-refractivity contribution in [3.05, 3.63) is 53.6 Å². The molecule has 0 saturated heterocycles. The molecule has 0 aromatic heterocycles. The number of hydrogen-bond donors (Lipinski definition) is 2. The fourth-order valence-electron chi connectivity index (χ4n) is 3.09. The average Bonchev–Trinajstić information content (AvgIpc) is 2.56. The maximum absolute atomic E-state index is 13.9. The summed E-state index contributed by atoms with van der Waals surface area (Å²) in [5, 5.41) is 2.88. The monoisotopic (exact) mass is 406 g/mol. The number of carbonyl (C=O) groups is 1. The largest absolute Gasteiger partial charge is 0.369 e. The SMILES string of the molecule is CC(C)CN(CC(C)C)c1ccc(S)cc1NC(=O)Cc1ccc(F)cc1F. The lowest BCUT2D eigenvalue weighted by Crippen LogP contribution is -2.32. The fourth-order valence-corrected chi connectivity index (χ4v) is 3.29. The van der Waals surface area contributed by atoms with Crippen LogP contribution in [-0.2, 0) is 11.2 Å². The van der Waals surface area contributed by atoms with E-state index in [1.54, 1.807) is 6.07 Å². The summed E-state index contributed by atoms with van der Waals surface area (Å²) >= 11 is 4.39. The molecule has 0 unspecified atom stereocenters. The zero-order valence-corrected chi connectivity index (χ0v) is 17.7. The first-order valence-corrected chi connectivity index (χ1v) is 9.92. The quantitative estimate of drug-likeness (QED) is 0.563. The van der Waals surface area contributed by atoms with Crippen LogP contribution in [0, 0.1) is 23.5 Å². The molecule has 0 spiro atoms. The van der Waals surface area contributed by atoms with Crippen LogP contribution in [0.3, 0.4) is 0 Å². The Hall–Kier alpha value is -2.08. The van der Waals surface area contributed by atoms with Gasteiger partial charge in [-0.25, -0.2) is 8.78 Å². The molecule has 0 saturated carbocycles. The van der Waals surface area contributed by atoms with E-state index >= 15 is 0 Å². The third-order valence-electron chi connectivity index (χ3n) is 4.13. The molecule has 28 heavy (non-hydrogen) atoms. The summed E-state index contributed by atoms with van der Waals surface area (Å²) < 4.78 is 26.9. The standard InChI is InChI=1S/C22H28F2N2OS/c1-14(2)12-26(13-15(3)4)21-8-7-18(28)11-20(21)25-22(27)9-16-5-6-17(23)10-19(16)24/h5-8,10-11,14-15,28H,9,12-13H2,1-4H3,(H,25,27). The fraction of sp³-hybridized carbons (Fsp3) is 0.409. The van der Waals surface area contributed by atoms with Crippen LogP contribution < -0.4 is 10.2 Å². The van der Waals surface area contributed by atoms with Gasteiger partial charge in [-0.15, -0.1) is 12.6 Å². The number of benzene rings is 2. The van der Waals surface area contributed by atoms with Gasteiger partial charge in [-0.2, -0.15) is 0 Å². The molecule has 0 aliphatic rings. The molecule has 0 heterocycles. The average molecular weight is 407 g/mol. The Balaban J connectivity index is 2.26. The molecule has 0 bridgehead atoms. The third kappa shape index (κ3) is 6.51. The molecule has 0 aliphatic carbocycles. The van der Waals surface area contributed by atoms with Gasteiger partial charge >= 0.3 is 0 Å². The van der Waals surface area contributed by atoms with Crippen molar-refractivity contribution in [2.75, 3.05) is 23.3 Å². The maximum Gasteiger partial charge on any atom is 0.228 e. The van der Waals surface area contributed by atoms with E-state index in [0.29, 0.717) is 17.5 Å². The summed E-state index contributed by atoms with van der Waals surface area (Å²) in [5.74, 6) is -0.846. The minimum absolute atomic E-state index is 0.156. The lowest BCUT2D eigenvalue weighted by molar-refractivity contribution is -0.115. The summed E-state index contributed by atoms with van der Waals surface area (Å²) in [6, 6.07) is 8.87. The Bertz CT molecular complexity index is 814. The predicted octanol–water partition coefficient (Wildman–Crippen LogP) is 5.55. The molecule has 2 aromatic rings. The van der Waals surface area contributed by atoms with Gasteiger partial charge in [-0.1, -0.05) is 33.8 Å². The number of amides is 1. The van der Waals surface area contributed by atoms with E-state index in [9.17, 15) is 13.6 Å². The van der Waals surface area contributed by atoms with Crippen LogP contribution in [0.2, 0.25) is 0 Å². The van der Waals surface area contributed by atoms with E-state index in [2.05, 4.69) is 50.5 Å². The second-order valence-corrected chi connectivity index (χ2v) is 8.37. The van der Waals surface area contributed by atoms with E-state index in [1.165, 1.54) is 6.07 Å². The summed E-state index contributed by atoms with van der Waals surface area (Å²) in [7, 11) is 0. The molecule has 2 aromatic carbocycles. The number of thiol groups is 1. The second-order valence-electron chi connectivity index (χ2n) is 7.85. The predicted molar refractivity (Wildman–Crippen MR) is 114 cm³/mol. The third-order valence-corrected chi connectivity index (χ3v) is 4.41. The lowest BCUT2D eigenvalue weighted by atomic mass is 10.1. The highest BCUT2D eigenvalue weighted by molar-refractivity contribution is 7.80. The van der Waals surface area contributed by atoms with Crippen LogP contribution in [0.5, 0.6) is 0 Å². The molecule has 0 atom stereocenters. The lowest BCUT2D eigenvalue weighted by Gasteiger charge is -2.30. The van der Waals surface area contributed by atoms with Gasteiger partial charge in [0, 0.05) is 24.1 Å². The molecule has 1 amide bonds. The molecule has 6 heteroatoms. The van der Waals surface area contributed by atoms with E-state index in [4.69, 9.17) is 0 Å². The van der Waals surface area contributed by atoms with Crippen molar-refractivity contribution in [1.29, 1.82) is 0 Å². The van der Waals surface area contributed by atoms with Gasteiger partial charge in [0.1, 0.15) is 11.6 Å². The highest BCUT2D eigenvalue weighted by atomic mass is 32.1. The van der Waals surface area contributed by atoms with Gasteiger partial charge in [0.25, 0.3) is 0 Å². The topological polar surface area (TPSA) is 32.3 Å². The van der Waals surface area contributed by atoms with Gasteiger partial charge in [0.15, 0.2) is 0 Å². The van der Waals surface area contributed by atoms with E-state index in [1.807, 2.05) is 12.1 Å². The molecule has 2 rings (SSSR count). The van der Waals surface area contributed by atoms with Crippen molar-refractivity contribution in [3.63, 3.8) is 0 Å². The van der Waals surface area contributed by atoms with Crippen molar-refractivity contribution < 1.29 is 13.6 Å². The number of anilines is 2. The van der Waals surface area contributed by atoms with Crippen molar-refractivity contribution in [2.45, 2.75) is 39.0 Å². The van der Waals surface area contributed by atoms with E-state index < -0.39 is 11.6 Å². The summed E-state index contributed by atoms with van der Waals surface area (Å²) in [5.41, 5.74) is 1.71. The van der Waals surface area contributed by atoms with Crippen molar-refractivity contribution >= 4 is 29.9 Å². The maximum atomic E-state index is 13.9. The first kappa shape index (κ1) is 22.2. The normalized spacial score (nSPS) is 11.2. The zero-order chi connectivity index (χ0) is 20.8. The zero-order valence-electron chi connectivity index (χ0n) is 16.8. The Labute approximate surface area is 171 Å². The van der Waals surface area contributed by atoms with Crippen LogP contribution in [-0.4, -0.2) is 19.0 Å². The first-order chi connectivity index (χ1) is 13.2. The molecule has 0 fully saturated rings. The molecule has 0 aliphatic heterocycles. The number of nitrogens with one attached hydrogen (secondary N) is 1. The highest BCUT2D eigenvalue weighted by Crippen LogP contribution is 2.30. The van der Waals surface area contributed by atoms with Crippen LogP contribution in [0.25, 0.3) is 0 Å². The highest BCUT2D eigenvalue weighted by Gasteiger charge is 2.17. The summed E-state index contributed by atoms with van der Waals surface area (Å²) in [6.07, 6.45) is -0.170. The molecule has 3 nitrogen and oxygen atoms in total. The molecular weight excluding hydrogens is 378 g/mol. The van der Waals surface area contributed by atoms with E-state index in [0.717, 1.165) is 35.8 Å². The minimum atomic E-state index is -0.723. The van der Waals surface area contributed by atoms with Gasteiger partial charge in [-0.05, 0) is 41.7 Å². The van der Waals surface area contributed by atoms with E-state index in [-0.39, 0.29) is 17.9 Å². The Morgan fingerprint density at radius 1 is 1.04 bits per heavy atom. The number of rotatable bonds is 8. The van der Waals surface area contributed by atoms with Crippen molar-refractivity contribution in [3.8, 4) is 0 Å². The van der Waals surface area contributed by atoms with Gasteiger partial charge in [0.2, 0.25) is 5.91 Å². The second kappa shape index (κ2) is 9.92. The summed E-state index contributed by atoms with van der Waals surface area (Å²) in [6.45, 7) is 10.3. The van der Waals surface area contributed by atoms with Crippen LogP contribution in [0.4, 0.5) is 20.2 Å². The van der Waals surface area contributed by atoms with Crippen LogP contribution >= 0.6 is 12.6 Å². The van der Waals surface area contributed by atoms with Crippen molar-refractivity contribution in [1.82, 2.24) is 0 Å². The number of carbonyl (C=O) groups excluding carboxylic acids is 1. The Morgan fingerprint density at radius 2 is 1.68 bits per heavy atom. The Kier molecular flexibility index (Phi) is 7.87. The smallest absolute Gasteiger partial charge is 0.228 e. The molecule has 0 radical (unpaired) electrons. The molecular formula is C22H28F2N2OS. The number of hydrogen-bond acceptors (Lipinski definition) is 3.